The van der Waals surface area contributed by atoms with E-state index in [0.29, 0.717) is 40.8 Å². The third-order valence-electron chi connectivity index (χ3n) is 6.13. The summed E-state index contributed by atoms with van der Waals surface area (Å²) in [5.41, 5.74) is 9.26. The molecular weight excluding hydrogens is 452 g/mol. The summed E-state index contributed by atoms with van der Waals surface area (Å²) >= 11 is 1.26. The van der Waals surface area contributed by atoms with Crippen molar-refractivity contribution in [2.75, 3.05) is 11.9 Å². The molecule has 2 fully saturated rings. The van der Waals surface area contributed by atoms with Crippen LogP contribution in [0, 0.1) is 0 Å². The molecule has 5 rings (SSSR count). The number of nitrogens with two attached hydrogens (primary N) is 1. The lowest BCUT2D eigenvalue weighted by molar-refractivity contribution is -0.124. The second-order valence-corrected chi connectivity index (χ2v) is 9.37. The third kappa shape index (κ3) is 4.65. The van der Waals surface area contributed by atoms with Crippen LogP contribution in [0.4, 0.5) is 9.93 Å². The normalized spacial score (nSPS) is 17.1. The number of amides is 3. The van der Waals surface area contributed by atoms with Gasteiger partial charge in [-0.15, -0.1) is 11.3 Å². The highest BCUT2D eigenvalue weighted by atomic mass is 32.1. The predicted octanol–water partition coefficient (Wildman–Crippen LogP) is 4.14. The van der Waals surface area contributed by atoms with Gasteiger partial charge in [-0.2, -0.15) is 0 Å². The molecule has 1 aromatic heterocycles. The lowest BCUT2D eigenvalue weighted by Crippen LogP contribution is -2.56. The molecule has 1 aliphatic heterocycles. The van der Waals surface area contributed by atoms with Crippen molar-refractivity contribution in [2.24, 2.45) is 5.73 Å². The number of carbonyl (C=O) groups excluding carboxylic acids is 3. The molecule has 3 N–H and O–H groups in total. The zero-order valence-electron chi connectivity index (χ0n) is 18.4. The monoisotopic (exact) mass is 476 g/mol. The van der Waals surface area contributed by atoms with Gasteiger partial charge in [-0.3, -0.25) is 14.5 Å². The molecule has 0 radical (unpaired) electrons. The first-order chi connectivity index (χ1) is 16.5. The number of benzene rings is 2. The molecule has 2 aromatic carbocycles. The van der Waals surface area contributed by atoms with E-state index in [1.54, 1.807) is 5.38 Å². The highest BCUT2D eigenvalue weighted by Crippen LogP contribution is 2.41. The highest BCUT2D eigenvalue weighted by Gasteiger charge is 2.39. The molecule has 0 spiro atoms. The number of rotatable bonds is 7. The maximum atomic E-state index is 12.8. The maximum Gasteiger partial charge on any atom is 0.410 e. The Balaban J connectivity index is 1.22. The number of carbonyl (C=O) groups is 3. The minimum atomic E-state index is -0.602. The number of thiazole rings is 1. The van der Waals surface area contributed by atoms with Gasteiger partial charge in [0.2, 0.25) is 11.8 Å². The fourth-order valence-electron chi connectivity index (χ4n) is 3.98. The summed E-state index contributed by atoms with van der Waals surface area (Å²) in [6.45, 7) is 0.617. The summed E-state index contributed by atoms with van der Waals surface area (Å²) in [6.07, 6.45) is 2.29. The Morgan fingerprint density at radius 2 is 1.91 bits per heavy atom. The van der Waals surface area contributed by atoms with E-state index in [2.05, 4.69) is 10.3 Å². The molecule has 8 nitrogen and oxygen atoms in total. The van der Waals surface area contributed by atoms with Gasteiger partial charge in [-0.05, 0) is 42.4 Å². The van der Waals surface area contributed by atoms with Gasteiger partial charge in [-0.1, -0.05) is 42.5 Å². The van der Waals surface area contributed by atoms with Gasteiger partial charge in [0.25, 0.3) is 0 Å². The number of likely N-dealkylation sites (tertiary alicyclic amines) is 1. The van der Waals surface area contributed by atoms with Gasteiger partial charge in [0, 0.05) is 23.1 Å². The third-order valence-corrected chi connectivity index (χ3v) is 6.89. The van der Waals surface area contributed by atoms with Crippen molar-refractivity contribution in [3.63, 3.8) is 0 Å². The molecule has 2 aliphatic rings. The summed E-state index contributed by atoms with van der Waals surface area (Å²) in [6, 6.07) is 14.5. The number of nitrogens with zero attached hydrogens (tertiary/aromatic N) is 2. The number of nitrogens with one attached hydrogen (secondary N) is 1. The molecule has 2 heterocycles. The van der Waals surface area contributed by atoms with Crippen LogP contribution in [0.15, 0.2) is 53.9 Å². The Kier molecular flexibility index (Phi) is 6.02. The van der Waals surface area contributed by atoms with E-state index in [1.165, 1.54) is 16.2 Å². The van der Waals surface area contributed by atoms with Crippen molar-refractivity contribution >= 4 is 34.4 Å². The molecule has 9 heteroatoms. The molecule has 174 valence electrons. The zero-order chi connectivity index (χ0) is 23.7. The van der Waals surface area contributed by atoms with Crippen LogP contribution in [0.1, 0.15) is 46.7 Å². The summed E-state index contributed by atoms with van der Waals surface area (Å²) in [7, 11) is 0. The van der Waals surface area contributed by atoms with Crippen LogP contribution in [-0.2, 0) is 16.1 Å². The predicted molar refractivity (Wildman–Crippen MR) is 128 cm³/mol. The minimum Gasteiger partial charge on any atom is -0.445 e. The van der Waals surface area contributed by atoms with E-state index in [-0.39, 0.29) is 12.5 Å². The van der Waals surface area contributed by atoms with E-state index in [0.717, 1.165) is 24.0 Å². The van der Waals surface area contributed by atoms with E-state index < -0.39 is 18.0 Å². The highest BCUT2D eigenvalue weighted by molar-refractivity contribution is 7.14. The first-order valence-electron chi connectivity index (χ1n) is 11.2. The van der Waals surface area contributed by atoms with Crippen LogP contribution in [-0.4, -0.2) is 40.4 Å². The smallest absolute Gasteiger partial charge is 0.410 e. The number of ether oxygens (including phenoxy) is 1. The lowest BCUT2D eigenvalue weighted by Gasteiger charge is -2.38. The van der Waals surface area contributed by atoms with Crippen LogP contribution >= 0.6 is 11.3 Å². The molecule has 3 aromatic rings. The van der Waals surface area contributed by atoms with Crippen molar-refractivity contribution in [3.05, 3.63) is 70.6 Å². The van der Waals surface area contributed by atoms with Crippen LogP contribution in [0.2, 0.25) is 0 Å². The number of primary amides is 1. The molecule has 1 saturated carbocycles. The largest absolute Gasteiger partial charge is 0.445 e. The summed E-state index contributed by atoms with van der Waals surface area (Å²) in [4.78, 5) is 43.1. The first kappa shape index (κ1) is 22.1. The van der Waals surface area contributed by atoms with Crippen molar-refractivity contribution in [1.82, 2.24) is 9.88 Å². The van der Waals surface area contributed by atoms with E-state index in [9.17, 15) is 14.4 Å². The Morgan fingerprint density at radius 3 is 2.59 bits per heavy atom. The van der Waals surface area contributed by atoms with Gasteiger partial charge in [-0.25, -0.2) is 9.78 Å². The summed E-state index contributed by atoms with van der Waals surface area (Å²) < 4.78 is 5.34. The van der Waals surface area contributed by atoms with Crippen LogP contribution in [0.5, 0.6) is 0 Å². The number of aromatic nitrogens is 1. The quantitative estimate of drug-likeness (QED) is 0.532. The topological polar surface area (TPSA) is 115 Å². The van der Waals surface area contributed by atoms with Crippen molar-refractivity contribution in [3.8, 4) is 11.3 Å². The Bertz CT molecular complexity index is 1240. The lowest BCUT2D eigenvalue weighted by atomic mass is 9.99. The first-order valence-corrected chi connectivity index (χ1v) is 12.1. The molecule has 0 bridgehead atoms. The summed E-state index contributed by atoms with van der Waals surface area (Å²) in [5, 5.41) is 4.96. The Labute approximate surface area is 200 Å². The van der Waals surface area contributed by atoms with Gasteiger partial charge in [0.05, 0.1) is 5.69 Å². The SMILES string of the molecule is NC(=O)c1cc(C2CC2)ccc1-c1csc(NC(=O)C2CCN2C(=O)OCc2ccccc2)n1. The fraction of sp³-hybridized carbons (Fsp3) is 0.280. The van der Waals surface area contributed by atoms with Crippen molar-refractivity contribution in [2.45, 2.75) is 37.8 Å². The van der Waals surface area contributed by atoms with Gasteiger partial charge < -0.3 is 15.8 Å². The van der Waals surface area contributed by atoms with E-state index >= 15 is 0 Å². The van der Waals surface area contributed by atoms with Crippen molar-refractivity contribution < 1.29 is 19.1 Å². The van der Waals surface area contributed by atoms with Gasteiger partial charge in [0.1, 0.15) is 12.6 Å². The van der Waals surface area contributed by atoms with E-state index in [4.69, 9.17) is 10.5 Å². The molecular formula is C25H24N4O4S. The average molecular weight is 477 g/mol. The van der Waals surface area contributed by atoms with Crippen LogP contribution < -0.4 is 11.1 Å². The Hall–Kier alpha value is -3.72. The van der Waals surface area contributed by atoms with E-state index in [1.807, 2.05) is 48.5 Å². The molecule has 34 heavy (non-hydrogen) atoms. The van der Waals surface area contributed by atoms with Crippen LogP contribution in [0.25, 0.3) is 11.3 Å². The molecule has 1 atom stereocenters. The minimum absolute atomic E-state index is 0.155. The average Bonchev–Trinajstić information content (AvgIpc) is 3.56. The molecule has 1 aliphatic carbocycles. The molecule has 1 saturated heterocycles. The number of hydrogen-bond acceptors (Lipinski definition) is 6. The van der Waals surface area contributed by atoms with Crippen molar-refractivity contribution in [1.29, 1.82) is 0 Å². The Morgan fingerprint density at radius 1 is 1.12 bits per heavy atom. The number of anilines is 1. The number of hydrogen-bond donors (Lipinski definition) is 2. The van der Waals surface area contributed by atoms with Crippen LogP contribution in [0.3, 0.4) is 0 Å². The zero-order valence-corrected chi connectivity index (χ0v) is 19.2. The van der Waals surface area contributed by atoms with Gasteiger partial charge >= 0.3 is 6.09 Å². The second kappa shape index (κ2) is 9.26. The van der Waals surface area contributed by atoms with Gasteiger partial charge in [0.15, 0.2) is 5.13 Å². The standard InChI is InChI=1S/C25H24N4O4S/c26-22(30)19-12-17(16-6-7-16)8-9-18(19)20-14-34-24(27-20)28-23(31)21-10-11-29(21)25(32)33-13-15-4-2-1-3-5-15/h1-5,8-9,12,14,16,21H,6-7,10-11,13H2,(H2,26,30)(H,27,28,31). The molecule has 3 amide bonds. The maximum absolute atomic E-state index is 12.8. The molecule has 1 unspecified atom stereocenters. The fourth-order valence-corrected chi connectivity index (χ4v) is 4.70. The second-order valence-electron chi connectivity index (χ2n) is 8.51. The summed E-state index contributed by atoms with van der Waals surface area (Å²) in [5.74, 6) is -0.319.